The van der Waals surface area contributed by atoms with Crippen LogP contribution in [0.4, 0.5) is 0 Å². The van der Waals surface area contributed by atoms with E-state index in [1.807, 2.05) is 0 Å². The third-order valence-corrected chi connectivity index (χ3v) is 1.15. The summed E-state index contributed by atoms with van der Waals surface area (Å²) in [6.07, 6.45) is 0.851. The van der Waals surface area contributed by atoms with Crippen molar-refractivity contribution in [1.82, 2.24) is 0 Å². The number of hydrogen-bond donors (Lipinski definition) is 1. The summed E-state index contributed by atoms with van der Waals surface area (Å²) in [6.45, 7) is 0.836. The Labute approximate surface area is 64.9 Å². The second-order valence-electron chi connectivity index (χ2n) is 1.80. The molecule has 0 aromatic rings. The maximum absolute atomic E-state index is 9.93. The average molecular weight is 167 g/mol. The highest BCUT2D eigenvalue weighted by molar-refractivity contribution is 6.17. The highest BCUT2D eigenvalue weighted by Crippen LogP contribution is 1.87. The van der Waals surface area contributed by atoms with Crippen molar-refractivity contribution < 1.29 is 14.6 Å². The summed E-state index contributed by atoms with van der Waals surface area (Å²) in [5, 5.41) is 8.16. The first-order valence-electron chi connectivity index (χ1n) is 3.13. The first-order chi connectivity index (χ1) is 4.77. The van der Waals surface area contributed by atoms with Crippen LogP contribution in [0.2, 0.25) is 0 Å². The number of halogens is 1. The minimum absolute atomic E-state index is 0.0717. The van der Waals surface area contributed by atoms with Gasteiger partial charge in [0.25, 0.3) is 0 Å². The smallest absolute Gasteiger partial charge is 0.305 e. The molecule has 0 saturated heterocycles. The first kappa shape index (κ1) is 9.72. The second kappa shape index (κ2) is 6.83. The molecule has 0 spiro atoms. The Hall–Kier alpha value is -0.280. The predicted octanol–water partition coefficient (Wildman–Crippen LogP) is 1.11. The quantitative estimate of drug-likeness (QED) is 0.475. The molecule has 0 radical (unpaired) electrons. The van der Waals surface area contributed by atoms with E-state index < -0.39 is 5.97 Å². The van der Waals surface area contributed by atoms with Crippen molar-refractivity contribution in [3.63, 3.8) is 0 Å². The summed E-state index contributed by atoms with van der Waals surface area (Å²) in [7, 11) is 0. The van der Waals surface area contributed by atoms with Gasteiger partial charge in [0.2, 0.25) is 0 Å². The molecular weight excluding hydrogens is 156 g/mol. The van der Waals surface area contributed by atoms with E-state index in [0.29, 0.717) is 12.5 Å². The van der Waals surface area contributed by atoms with Crippen LogP contribution in [-0.2, 0) is 9.53 Å². The van der Waals surface area contributed by atoms with Gasteiger partial charge in [-0.3, -0.25) is 4.79 Å². The molecule has 4 heteroatoms. The van der Waals surface area contributed by atoms with Crippen molar-refractivity contribution in [3.05, 3.63) is 0 Å². The summed E-state index contributed by atoms with van der Waals surface area (Å²) < 4.78 is 4.92. The summed E-state index contributed by atoms with van der Waals surface area (Å²) in [5.74, 6) is -0.265. The van der Waals surface area contributed by atoms with E-state index in [-0.39, 0.29) is 13.0 Å². The Morgan fingerprint density at radius 2 is 2.20 bits per heavy atom. The lowest BCUT2D eigenvalue weighted by Crippen LogP contribution is -2.03. The van der Waals surface area contributed by atoms with Crippen LogP contribution in [0.5, 0.6) is 0 Å². The van der Waals surface area contributed by atoms with Gasteiger partial charge in [-0.25, -0.2) is 0 Å². The molecule has 3 nitrogen and oxygen atoms in total. The third-order valence-electron chi connectivity index (χ3n) is 0.883. The van der Waals surface area contributed by atoms with Gasteiger partial charge in [0.1, 0.15) is 0 Å². The Morgan fingerprint density at radius 1 is 1.50 bits per heavy atom. The molecule has 0 unspecified atom stereocenters. The number of alkyl halides is 1. The van der Waals surface area contributed by atoms with Crippen molar-refractivity contribution in [2.24, 2.45) is 0 Å². The topological polar surface area (TPSA) is 46.5 Å². The zero-order valence-corrected chi connectivity index (χ0v) is 6.43. The lowest BCUT2D eigenvalue weighted by atomic mass is 10.4. The number of carbonyl (C=O) groups is 1. The van der Waals surface area contributed by atoms with Gasteiger partial charge in [0, 0.05) is 12.5 Å². The Bertz CT molecular complexity index is 95.0. The molecule has 0 heterocycles. The van der Waals surface area contributed by atoms with E-state index in [4.69, 9.17) is 21.4 Å². The van der Waals surface area contributed by atoms with Crippen molar-refractivity contribution in [2.75, 3.05) is 19.1 Å². The van der Waals surface area contributed by atoms with Crippen LogP contribution in [0.25, 0.3) is 0 Å². The van der Waals surface area contributed by atoms with Gasteiger partial charge in [-0.2, -0.15) is 0 Å². The van der Waals surface area contributed by atoms with Crippen LogP contribution >= 0.6 is 11.6 Å². The number of carboxylic acids is 1. The number of carboxylic acid groups (broad SMARTS) is 1. The Balaban J connectivity index is 2.84. The maximum atomic E-state index is 9.93. The zero-order chi connectivity index (χ0) is 7.82. The van der Waals surface area contributed by atoms with Crippen LogP contribution in [0, 0.1) is 0 Å². The van der Waals surface area contributed by atoms with Crippen molar-refractivity contribution >= 4 is 17.6 Å². The fourth-order valence-corrected chi connectivity index (χ4v) is 0.527. The summed E-state index contributed by atoms with van der Waals surface area (Å²) in [6, 6.07) is 0. The molecule has 0 atom stereocenters. The fraction of sp³-hybridized carbons (Fsp3) is 0.833. The van der Waals surface area contributed by atoms with Gasteiger partial charge in [0.05, 0.1) is 13.0 Å². The number of hydrogen-bond acceptors (Lipinski definition) is 2. The molecule has 10 heavy (non-hydrogen) atoms. The van der Waals surface area contributed by atoms with Gasteiger partial charge in [-0.1, -0.05) is 0 Å². The normalized spacial score (nSPS) is 9.70. The molecule has 60 valence electrons. The highest BCUT2D eigenvalue weighted by atomic mass is 35.5. The van der Waals surface area contributed by atoms with Crippen LogP contribution in [-0.4, -0.2) is 30.2 Å². The lowest BCUT2D eigenvalue weighted by molar-refractivity contribution is -0.138. The fourth-order valence-electron chi connectivity index (χ4n) is 0.418. The van der Waals surface area contributed by atoms with Crippen LogP contribution in [0.3, 0.4) is 0 Å². The largest absolute Gasteiger partial charge is 0.481 e. The SMILES string of the molecule is O=C(O)CCOCCCCl. The number of aliphatic carboxylic acids is 1. The summed E-state index contributed by atoms with van der Waals surface area (Å²) >= 11 is 5.35. The van der Waals surface area contributed by atoms with E-state index in [1.165, 1.54) is 0 Å². The molecule has 0 amide bonds. The Morgan fingerprint density at radius 3 is 2.70 bits per heavy atom. The number of rotatable bonds is 6. The van der Waals surface area contributed by atoms with E-state index in [2.05, 4.69) is 0 Å². The van der Waals surface area contributed by atoms with Crippen molar-refractivity contribution in [3.8, 4) is 0 Å². The lowest BCUT2D eigenvalue weighted by Gasteiger charge is -1.98. The molecular formula is C6H11ClO3. The maximum Gasteiger partial charge on any atom is 0.305 e. The van der Waals surface area contributed by atoms with E-state index in [1.54, 1.807) is 0 Å². The predicted molar refractivity (Wildman–Crippen MR) is 38.4 cm³/mol. The van der Waals surface area contributed by atoms with Gasteiger partial charge < -0.3 is 9.84 Å². The average Bonchev–Trinajstić information content (AvgIpc) is 1.87. The zero-order valence-electron chi connectivity index (χ0n) is 5.68. The van der Waals surface area contributed by atoms with Gasteiger partial charge in [0.15, 0.2) is 0 Å². The van der Waals surface area contributed by atoms with Gasteiger partial charge in [-0.15, -0.1) is 11.6 Å². The second-order valence-corrected chi connectivity index (χ2v) is 2.18. The summed E-state index contributed by atoms with van der Waals surface area (Å²) in [4.78, 5) is 9.93. The van der Waals surface area contributed by atoms with Gasteiger partial charge in [-0.05, 0) is 6.42 Å². The van der Waals surface area contributed by atoms with E-state index in [9.17, 15) is 4.79 Å². The van der Waals surface area contributed by atoms with Crippen molar-refractivity contribution in [1.29, 1.82) is 0 Å². The van der Waals surface area contributed by atoms with Crippen molar-refractivity contribution in [2.45, 2.75) is 12.8 Å². The Kier molecular flexibility index (Phi) is 6.64. The minimum atomic E-state index is -0.828. The third kappa shape index (κ3) is 7.72. The molecule has 0 aromatic carbocycles. The van der Waals surface area contributed by atoms with Crippen LogP contribution < -0.4 is 0 Å². The molecule has 0 fully saturated rings. The molecule has 0 rings (SSSR count). The first-order valence-corrected chi connectivity index (χ1v) is 3.66. The van der Waals surface area contributed by atoms with Crippen LogP contribution in [0.1, 0.15) is 12.8 Å². The molecule has 1 N–H and O–H groups in total. The van der Waals surface area contributed by atoms with Gasteiger partial charge >= 0.3 is 5.97 Å². The standard InChI is InChI=1S/C6H11ClO3/c7-3-1-4-10-5-2-6(8)9/h1-5H2,(H,8,9). The van der Waals surface area contributed by atoms with E-state index in [0.717, 1.165) is 6.42 Å². The summed E-state index contributed by atoms with van der Waals surface area (Å²) in [5.41, 5.74) is 0. The monoisotopic (exact) mass is 166 g/mol. The highest BCUT2D eigenvalue weighted by Gasteiger charge is 1.94. The minimum Gasteiger partial charge on any atom is -0.481 e. The van der Waals surface area contributed by atoms with Crippen LogP contribution in [0.15, 0.2) is 0 Å². The van der Waals surface area contributed by atoms with E-state index >= 15 is 0 Å². The molecule has 0 aliphatic heterocycles. The molecule has 0 aliphatic rings. The molecule has 0 aliphatic carbocycles. The molecule has 0 aromatic heterocycles. The molecule has 0 bridgehead atoms. The number of ether oxygens (including phenoxy) is 1. The molecule has 0 saturated carbocycles.